The molecule has 1 aromatic heterocycles. The number of carbonyl (C=O) groups excluding carboxylic acids is 1. The zero-order valence-electron chi connectivity index (χ0n) is 11.6. The van der Waals surface area contributed by atoms with E-state index in [0.29, 0.717) is 18.4 Å². The van der Waals surface area contributed by atoms with Crippen molar-refractivity contribution in [2.24, 2.45) is 0 Å². The first kappa shape index (κ1) is 13.5. The van der Waals surface area contributed by atoms with Crippen LogP contribution in [0.2, 0.25) is 0 Å². The van der Waals surface area contributed by atoms with Crippen molar-refractivity contribution >= 4 is 11.7 Å². The third-order valence-electron chi connectivity index (χ3n) is 3.53. The first-order valence-corrected chi connectivity index (χ1v) is 6.98. The van der Waals surface area contributed by atoms with Gasteiger partial charge >= 0.3 is 0 Å². The Morgan fingerprint density at radius 3 is 2.86 bits per heavy atom. The Labute approximate surface area is 122 Å². The number of phenolic OH excluding ortho intramolecular Hbond substituents is 1. The minimum absolute atomic E-state index is 0.0175. The van der Waals surface area contributed by atoms with Gasteiger partial charge in [0, 0.05) is 18.8 Å². The average Bonchev–Trinajstić information content (AvgIpc) is 3.20. The van der Waals surface area contributed by atoms with E-state index < -0.39 is 0 Å². The van der Waals surface area contributed by atoms with Crippen molar-refractivity contribution in [1.29, 1.82) is 0 Å². The van der Waals surface area contributed by atoms with Crippen LogP contribution in [0.5, 0.6) is 5.75 Å². The molecule has 21 heavy (non-hydrogen) atoms. The van der Waals surface area contributed by atoms with Crippen molar-refractivity contribution < 1.29 is 9.90 Å². The molecule has 0 saturated heterocycles. The van der Waals surface area contributed by atoms with Gasteiger partial charge < -0.3 is 15.7 Å². The van der Waals surface area contributed by atoms with Crippen molar-refractivity contribution in [3.05, 3.63) is 42.1 Å². The molecular formula is C15H18N4O2. The molecule has 0 spiro atoms. The van der Waals surface area contributed by atoms with Crippen LogP contribution in [0.3, 0.4) is 0 Å². The summed E-state index contributed by atoms with van der Waals surface area (Å²) in [4.78, 5) is 14.3. The average molecular weight is 286 g/mol. The zero-order chi connectivity index (χ0) is 14.8. The molecule has 110 valence electrons. The molecule has 1 aliphatic carbocycles. The van der Waals surface area contributed by atoms with E-state index >= 15 is 0 Å². The molecular weight excluding hydrogens is 268 g/mol. The number of nitrogen functional groups attached to an aromatic ring is 1. The first-order valence-electron chi connectivity index (χ1n) is 6.98. The van der Waals surface area contributed by atoms with Gasteiger partial charge in [-0.15, -0.1) is 0 Å². The lowest BCUT2D eigenvalue weighted by Gasteiger charge is -2.22. The van der Waals surface area contributed by atoms with Crippen LogP contribution in [0, 0.1) is 0 Å². The van der Waals surface area contributed by atoms with Crippen molar-refractivity contribution in [2.45, 2.75) is 32.0 Å². The molecule has 0 radical (unpaired) electrons. The van der Waals surface area contributed by atoms with Gasteiger partial charge in [0.25, 0.3) is 0 Å². The minimum atomic E-state index is 0.0175. The van der Waals surface area contributed by atoms with Crippen LogP contribution in [0.1, 0.15) is 18.4 Å². The van der Waals surface area contributed by atoms with E-state index in [-0.39, 0.29) is 18.2 Å². The number of phenols is 1. The van der Waals surface area contributed by atoms with E-state index in [4.69, 9.17) is 5.73 Å². The smallest absolute Gasteiger partial charge is 0.244 e. The number of anilines is 1. The number of aromatic hydroxyl groups is 1. The summed E-state index contributed by atoms with van der Waals surface area (Å²) in [7, 11) is 0. The second-order valence-corrected chi connectivity index (χ2v) is 5.36. The molecule has 1 heterocycles. The van der Waals surface area contributed by atoms with E-state index in [9.17, 15) is 9.90 Å². The SMILES string of the molecule is Nc1ccn(CC(=O)N(Cc2cccc(O)c2)C2CC2)n1. The Morgan fingerprint density at radius 1 is 1.43 bits per heavy atom. The predicted molar refractivity (Wildman–Crippen MR) is 78.3 cm³/mol. The summed E-state index contributed by atoms with van der Waals surface area (Å²) in [6.07, 6.45) is 3.77. The number of hydrogen-bond acceptors (Lipinski definition) is 4. The highest BCUT2D eigenvalue weighted by Crippen LogP contribution is 2.29. The maximum absolute atomic E-state index is 12.5. The van der Waals surface area contributed by atoms with E-state index in [1.54, 1.807) is 35.1 Å². The quantitative estimate of drug-likeness (QED) is 0.869. The van der Waals surface area contributed by atoms with Gasteiger partial charge in [0.15, 0.2) is 0 Å². The van der Waals surface area contributed by atoms with Gasteiger partial charge in [0.1, 0.15) is 18.1 Å². The fraction of sp³-hybridized carbons (Fsp3) is 0.333. The van der Waals surface area contributed by atoms with E-state index in [2.05, 4.69) is 5.10 Å². The number of carbonyl (C=O) groups is 1. The van der Waals surface area contributed by atoms with Crippen LogP contribution >= 0.6 is 0 Å². The molecule has 0 unspecified atom stereocenters. The van der Waals surface area contributed by atoms with E-state index in [0.717, 1.165) is 18.4 Å². The summed E-state index contributed by atoms with van der Waals surface area (Å²) >= 11 is 0. The maximum Gasteiger partial charge on any atom is 0.244 e. The van der Waals surface area contributed by atoms with Gasteiger partial charge in [0.2, 0.25) is 5.91 Å². The second kappa shape index (κ2) is 5.47. The molecule has 3 rings (SSSR count). The molecule has 0 aliphatic heterocycles. The minimum Gasteiger partial charge on any atom is -0.508 e. The predicted octanol–water partition coefficient (Wildman–Crippen LogP) is 1.36. The largest absolute Gasteiger partial charge is 0.508 e. The summed E-state index contributed by atoms with van der Waals surface area (Å²) in [5.74, 6) is 0.647. The highest BCUT2D eigenvalue weighted by Gasteiger charge is 2.32. The van der Waals surface area contributed by atoms with Crippen molar-refractivity contribution in [3.63, 3.8) is 0 Å². The van der Waals surface area contributed by atoms with Crippen molar-refractivity contribution in [1.82, 2.24) is 14.7 Å². The monoisotopic (exact) mass is 286 g/mol. The van der Waals surface area contributed by atoms with Gasteiger partial charge in [-0.3, -0.25) is 9.48 Å². The number of nitrogens with zero attached hydrogens (tertiary/aromatic N) is 3. The number of hydrogen-bond donors (Lipinski definition) is 2. The summed E-state index contributed by atoms with van der Waals surface area (Å²) in [5, 5.41) is 13.6. The number of aromatic nitrogens is 2. The van der Waals surface area contributed by atoms with Gasteiger partial charge in [-0.1, -0.05) is 12.1 Å². The molecule has 0 atom stereocenters. The lowest BCUT2D eigenvalue weighted by molar-refractivity contribution is -0.133. The van der Waals surface area contributed by atoms with Crippen molar-refractivity contribution in [3.8, 4) is 5.75 Å². The Hall–Kier alpha value is -2.50. The molecule has 1 aromatic carbocycles. The normalized spacial score (nSPS) is 14.1. The maximum atomic E-state index is 12.5. The third-order valence-corrected chi connectivity index (χ3v) is 3.53. The second-order valence-electron chi connectivity index (χ2n) is 5.36. The molecule has 6 nitrogen and oxygen atoms in total. The van der Waals surface area contributed by atoms with Crippen LogP contribution in [0.25, 0.3) is 0 Å². The Kier molecular flexibility index (Phi) is 3.51. The molecule has 2 aromatic rings. The lowest BCUT2D eigenvalue weighted by atomic mass is 10.2. The fourth-order valence-corrected chi connectivity index (χ4v) is 2.35. The number of benzene rings is 1. The van der Waals surface area contributed by atoms with Crippen LogP contribution in [-0.2, 0) is 17.9 Å². The molecule has 1 fully saturated rings. The van der Waals surface area contributed by atoms with Crippen LogP contribution < -0.4 is 5.73 Å². The summed E-state index contributed by atoms with van der Waals surface area (Å²) in [6, 6.07) is 8.98. The molecule has 1 amide bonds. The highest BCUT2D eigenvalue weighted by atomic mass is 16.3. The van der Waals surface area contributed by atoms with Gasteiger partial charge in [0.05, 0.1) is 0 Å². The molecule has 1 saturated carbocycles. The van der Waals surface area contributed by atoms with Crippen molar-refractivity contribution in [2.75, 3.05) is 5.73 Å². The number of rotatable bonds is 5. The molecule has 1 aliphatic rings. The molecule has 6 heteroatoms. The topological polar surface area (TPSA) is 84.4 Å². The Bertz CT molecular complexity index is 649. The highest BCUT2D eigenvalue weighted by molar-refractivity contribution is 5.76. The zero-order valence-corrected chi connectivity index (χ0v) is 11.6. The summed E-state index contributed by atoms with van der Waals surface area (Å²) < 4.78 is 1.55. The molecule has 0 bridgehead atoms. The van der Waals surface area contributed by atoms with Crippen LogP contribution in [0.4, 0.5) is 5.82 Å². The van der Waals surface area contributed by atoms with Gasteiger partial charge in [-0.05, 0) is 36.6 Å². The van der Waals surface area contributed by atoms with E-state index in [1.807, 2.05) is 11.0 Å². The number of nitrogens with two attached hydrogens (primary N) is 1. The lowest BCUT2D eigenvalue weighted by Crippen LogP contribution is -2.35. The fourth-order valence-electron chi connectivity index (χ4n) is 2.35. The first-order chi connectivity index (χ1) is 10.1. The standard InChI is InChI=1S/C15H18N4O2/c16-14-6-7-18(17-14)10-15(21)19(12-4-5-12)9-11-2-1-3-13(20)8-11/h1-3,6-8,12,20H,4-5,9-10H2,(H2,16,17). The van der Waals surface area contributed by atoms with Crippen LogP contribution in [0.15, 0.2) is 36.5 Å². The van der Waals surface area contributed by atoms with E-state index in [1.165, 1.54) is 0 Å². The number of amides is 1. The summed E-state index contributed by atoms with van der Waals surface area (Å²) in [5.41, 5.74) is 6.48. The third kappa shape index (κ3) is 3.34. The molecule has 3 N–H and O–H groups in total. The Morgan fingerprint density at radius 2 is 2.24 bits per heavy atom. The van der Waals surface area contributed by atoms with Gasteiger partial charge in [-0.2, -0.15) is 5.10 Å². The van der Waals surface area contributed by atoms with Crippen LogP contribution in [-0.4, -0.2) is 31.7 Å². The Balaban J connectivity index is 1.70. The summed E-state index contributed by atoms with van der Waals surface area (Å²) in [6.45, 7) is 0.696. The van der Waals surface area contributed by atoms with Gasteiger partial charge in [-0.25, -0.2) is 0 Å².